The number of nitrogen functional groups attached to an aromatic ring is 1. The molecule has 0 spiro atoms. The van der Waals surface area contributed by atoms with Crippen molar-refractivity contribution in [3.8, 4) is 38.4 Å². The van der Waals surface area contributed by atoms with Crippen LogP contribution < -0.4 is 30.6 Å². The maximum atomic E-state index is 12.3. The van der Waals surface area contributed by atoms with Crippen molar-refractivity contribution in [3.63, 3.8) is 0 Å². The molecule has 0 radical (unpaired) electrons. The zero-order chi connectivity index (χ0) is 28.1. The van der Waals surface area contributed by atoms with Gasteiger partial charge in [-0.2, -0.15) is 0 Å². The molecule has 0 saturated carbocycles. The number of imidazole rings is 1. The van der Waals surface area contributed by atoms with Crippen molar-refractivity contribution in [1.29, 1.82) is 0 Å². The van der Waals surface area contributed by atoms with Gasteiger partial charge in [0.25, 0.3) is 0 Å². The molecule has 1 amide bonds. The lowest BCUT2D eigenvalue weighted by molar-refractivity contribution is -0.111. The number of nitrogens with zero attached hydrogens (tertiary/aromatic N) is 3. The molecular weight excluding hydrogens is 550 g/mol. The summed E-state index contributed by atoms with van der Waals surface area (Å²) in [5, 5.41) is 9.39. The fraction of sp³-hybridized carbons (Fsp3) is 0.111. The number of nitrogens with two attached hydrogens (primary N) is 1. The highest BCUT2D eigenvalue weighted by Crippen LogP contribution is 2.43. The average Bonchev–Trinajstić information content (AvgIpc) is 3.73. The molecule has 0 aliphatic rings. The van der Waals surface area contributed by atoms with E-state index in [9.17, 15) is 4.79 Å². The second-order valence-corrected chi connectivity index (χ2v) is 10.1. The van der Waals surface area contributed by atoms with Gasteiger partial charge in [-0.25, -0.2) is 15.0 Å². The van der Waals surface area contributed by atoms with Crippen LogP contribution in [0.3, 0.4) is 0 Å². The van der Waals surface area contributed by atoms with Crippen LogP contribution in [0.5, 0.6) is 17.2 Å². The van der Waals surface area contributed by atoms with E-state index in [4.69, 9.17) is 24.9 Å². The molecule has 40 heavy (non-hydrogen) atoms. The van der Waals surface area contributed by atoms with Crippen LogP contribution in [0.1, 0.15) is 5.69 Å². The molecule has 5 rings (SSSR count). The highest BCUT2D eigenvalue weighted by molar-refractivity contribution is 7.23. The largest absolute Gasteiger partial charge is 0.493 e. The number of rotatable bonds is 10. The second-order valence-electron chi connectivity index (χ2n) is 8.21. The number of ether oxygens (including phenoxy) is 3. The molecule has 0 bridgehead atoms. The van der Waals surface area contributed by atoms with Crippen LogP contribution in [-0.4, -0.2) is 47.2 Å². The van der Waals surface area contributed by atoms with Crippen molar-refractivity contribution in [1.82, 2.24) is 19.9 Å². The van der Waals surface area contributed by atoms with E-state index in [0.29, 0.717) is 45.3 Å². The number of carbonyl (C=O) groups is 1. The number of aromatic amines is 1. The van der Waals surface area contributed by atoms with E-state index in [1.54, 1.807) is 52.1 Å². The molecule has 5 aromatic rings. The molecule has 204 valence electrons. The molecule has 0 saturated heterocycles. The minimum Gasteiger partial charge on any atom is -0.493 e. The molecule has 5 N–H and O–H groups in total. The Morgan fingerprint density at radius 3 is 2.55 bits per heavy atom. The summed E-state index contributed by atoms with van der Waals surface area (Å²) < 4.78 is 16.3. The SMILES string of the molecule is COc1cc(Nc2nc(N)c(-c3nc(-c4cccc(NC(=O)/C=C/c5c[nH]cn5)c4)cs3)s2)cc(OC)c1OC. The Bertz CT molecular complexity index is 1640. The summed E-state index contributed by atoms with van der Waals surface area (Å²) in [5.41, 5.74) is 9.91. The van der Waals surface area contributed by atoms with E-state index < -0.39 is 0 Å². The first kappa shape index (κ1) is 26.7. The van der Waals surface area contributed by atoms with Gasteiger partial charge in [-0.15, -0.1) is 11.3 Å². The maximum absolute atomic E-state index is 12.3. The van der Waals surface area contributed by atoms with Crippen LogP contribution in [0, 0.1) is 0 Å². The van der Waals surface area contributed by atoms with Crippen LogP contribution in [0.4, 0.5) is 22.3 Å². The molecule has 0 aliphatic heterocycles. The lowest BCUT2D eigenvalue weighted by Crippen LogP contribution is -2.07. The summed E-state index contributed by atoms with van der Waals surface area (Å²) in [4.78, 5) is 29.2. The van der Waals surface area contributed by atoms with Crippen LogP contribution in [0.2, 0.25) is 0 Å². The average molecular weight is 576 g/mol. The van der Waals surface area contributed by atoms with Crippen molar-refractivity contribution in [2.24, 2.45) is 0 Å². The third-order valence-corrected chi connectivity index (χ3v) is 7.60. The number of amides is 1. The van der Waals surface area contributed by atoms with Gasteiger partial charge in [-0.3, -0.25) is 4.79 Å². The standard InChI is InChI=1S/C27H25N7O4S2/c1-36-20-10-18(11-21(37-2)23(20)38-3)32-27-34-25(28)24(40-27)26-33-19(13-39-26)15-5-4-6-16(9-15)31-22(35)8-7-17-12-29-14-30-17/h4-14H,28H2,1-3H3,(H,29,30)(H,31,35)(H,32,34)/b8-7+. The van der Waals surface area contributed by atoms with Crippen molar-refractivity contribution in [3.05, 3.63) is 66.1 Å². The Morgan fingerprint density at radius 1 is 1.05 bits per heavy atom. The predicted octanol–water partition coefficient (Wildman–Crippen LogP) is 5.66. The first-order valence-electron chi connectivity index (χ1n) is 11.8. The van der Waals surface area contributed by atoms with Crippen molar-refractivity contribution in [2.75, 3.05) is 37.7 Å². The Hall–Kier alpha value is -4.88. The molecular formula is C27H25N7O4S2. The Kier molecular flexibility index (Phi) is 7.94. The zero-order valence-electron chi connectivity index (χ0n) is 21.7. The normalized spacial score (nSPS) is 11.0. The highest BCUT2D eigenvalue weighted by Gasteiger charge is 2.18. The topological polar surface area (TPSA) is 149 Å². The smallest absolute Gasteiger partial charge is 0.248 e. The lowest BCUT2D eigenvalue weighted by atomic mass is 10.1. The minimum absolute atomic E-state index is 0.260. The van der Waals surface area contributed by atoms with Crippen LogP contribution in [0.15, 0.2) is 60.4 Å². The quantitative estimate of drug-likeness (QED) is 0.155. The van der Waals surface area contributed by atoms with Gasteiger partial charge in [-0.1, -0.05) is 23.5 Å². The van der Waals surface area contributed by atoms with Gasteiger partial charge >= 0.3 is 0 Å². The van der Waals surface area contributed by atoms with E-state index >= 15 is 0 Å². The number of hydrogen-bond donors (Lipinski definition) is 4. The molecule has 3 heterocycles. The van der Waals surface area contributed by atoms with Crippen molar-refractivity contribution in [2.45, 2.75) is 0 Å². The molecule has 2 aromatic carbocycles. The molecule has 11 nitrogen and oxygen atoms in total. The second kappa shape index (κ2) is 11.9. The third kappa shape index (κ3) is 5.90. The number of nitrogens with one attached hydrogen (secondary N) is 3. The summed E-state index contributed by atoms with van der Waals surface area (Å²) in [5.74, 6) is 1.64. The van der Waals surface area contributed by atoms with Gasteiger partial charge in [0.05, 0.1) is 39.0 Å². The van der Waals surface area contributed by atoms with Crippen LogP contribution in [0.25, 0.3) is 27.2 Å². The van der Waals surface area contributed by atoms with Gasteiger partial charge < -0.3 is 35.6 Å². The van der Waals surface area contributed by atoms with Crippen molar-refractivity contribution < 1.29 is 19.0 Å². The number of thiazole rings is 2. The zero-order valence-corrected chi connectivity index (χ0v) is 23.4. The number of aromatic nitrogens is 4. The van der Waals surface area contributed by atoms with Gasteiger partial charge in [-0.05, 0) is 18.2 Å². The van der Waals surface area contributed by atoms with Gasteiger partial charge in [0, 0.05) is 46.7 Å². The van der Waals surface area contributed by atoms with E-state index in [-0.39, 0.29) is 5.91 Å². The van der Waals surface area contributed by atoms with Gasteiger partial charge in [0.15, 0.2) is 16.6 Å². The molecule has 3 aromatic heterocycles. The minimum atomic E-state index is -0.260. The van der Waals surface area contributed by atoms with E-state index in [0.717, 1.165) is 21.1 Å². The fourth-order valence-electron chi connectivity index (χ4n) is 3.79. The van der Waals surface area contributed by atoms with E-state index in [1.165, 1.54) is 28.7 Å². The highest BCUT2D eigenvalue weighted by atomic mass is 32.1. The number of H-pyrrole nitrogens is 1. The first-order chi connectivity index (χ1) is 19.5. The summed E-state index contributed by atoms with van der Waals surface area (Å²) in [6.07, 6.45) is 6.31. The first-order valence-corrected chi connectivity index (χ1v) is 13.5. The number of benzene rings is 2. The van der Waals surface area contributed by atoms with Crippen LogP contribution in [-0.2, 0) is 4.79 Å². The molecule has 0 atom stereocenters. The lowest BCUT2D eigenvalue weighted by Gasteiger charge is -2.14. The Morgan fingerprint density at radius 2 is 1.85 bits per heavy atom. The third-order valence-electron chi connectivity index (χ3n) is 5.62. The monoisotopic (exact) mass is 575 g/mol. The van der Waals surface area contributed by atoms with E-state index in [1.807, 2.05) is 29.6 Å². The number of anilines is 4. The summed E-state index contributed by atoms with van der Waals surface area (Å²) in [7, 11) is 4.67. The predicted molar refractivity (Wildman–Crippen MR) is 159 cm³/mol. The summed E-state index contributed by atoms with van der Waals surface area (Å²) >= 11 is 2.85. The van der Waals surface area contributed by atoms with Gasteiger partial charge in [0.2, 0.25) is 11.7 Å². The molecule has 13 heteroatoms. The summed E-state index contributed by atoms with van der Waals surface area (Å²) in [6.45, 7) is 0. The number of carbonyl (C=O) groups excluding carboxylic acids is 1. The summed E-state index contributed by atoms with van der Waals surface area (Å²) in [6, 6.07) is 11.1. The van der Waals surface area contributed by atoms with E-state index in [2.05, 4.69) is 25.6 Å². The number of hydrogen-bond acceptors (Lipinski definition) is 11. The van der Waals surface area contributed by atoms with Gasteiger partial charge in [0.1, 0.15) is 15.7 Å². The Labute approximate surface area is 237 Å². The maximum Gasteiger partial charge on any atom is 0.248 e. The molecule has 0 unspecified atom stereocenters. The van der Waals surface area contributed by atoms with Crippen LogP contribution >= 0.6 is 22.7 Å². The Balaban J connectivity index is 1.32. The fourth-order valence-corrected chi connectivity index (χ4v) is 5.62. The molecule has 0 fully saturated rings. The molecule has 0 aliphatic carbocycles. The van der Waals surface area contributed by atoms with Crippen molar-refractivity contribution >= 4 is 57.0 Å². The number of methoxy groups -OCH3 is 3.